The van der Waals surface area contributed by atoms with Gasteiger partial charge in [0.2, 0.25) is 5.91 Å². The Kier molecular flexibility index (Phi) is 5.18. The Morgan fingerprint density at radius 1 is 1.17 bits per heavy atom. The molecule has 6 N–H and O–H groups in total. The number of rotatable bonds is 8. The number of carbonyl (C=O) groups excluding carboxylic acids is 2. The Bertz CT molecular complexity index is 1130. The molecule has 0 spiro atoms. The molecule has 1 aromatic carbocycles. The molecule has 1 aliphatic rings. The molecule has 0 radical (unpaired) electrons. The maximum Gasteiger partial charge on any atom is 0.252 e. The van der Waals surface area contributed by atoms with E-state index in [0.717, 1.165) is 29.8 Å². The summed E-state index contributed by atoms with van der Waals surface area (Å²) in [5.74, 6) is -1.96. The van der Waals surface area contributed by atoms with Crippen LogP contribution < -0.4 is 22.1 Å². The first kappa shape index (κ1) is 19.6. The van der Waals surface area contributed by atoms with Gasteiger partial charge in [0.05, 0.1) is 23.0 Å². The number of nitrogens with zero attached hydrogens (tertiary/aromatic N) is 2. The van der Waals surface area contributed by atoms with Crippen LogP contribution in [0.4, 0.5) is 21.7 Å². The minimum Gasteiger partial charge on any atom is -0.368 e. The number of fused-ring (bicyclic) bond motifs is 1. The van der Waals surface area contributed by atoms with Crippen LogP contribution in [0.1, 0.15) is 29.6 Å². The molecule has 1 saturated carbocycles. The molecule has 9 heteroatoms. The summed E-state index contributed by atoms with van der Waals surface area (Å²) in [4.78, 5) is 32.1. The molecule has 154 valence electrons. The van der Waals surface area contributed by atoms with Crippen LogP contribution in [0.5, 0.6) is 0 Å². The Morgan fingerprint density at radius 3 is 2.63 bits per heavy atom. The van der Waals surface area contributed by atoms with Crippen molar-refractivity contribution >= 4 is 40.0 Å². The van der Waals surface area contributed by atoms with Gasteiger partial charge in [0.25, 0.3) is 5.91 Å². The quantitative estimate of drug-likeness (QED) is 0.452. The number of aromatic nitrogens is 2. The second-order valence-corrected chi connectivity index (χ2v) is 7.40. The molecule has 1 fully saturated rings. The van der Waals surface area contributed by atoms with E-state index in [1.54, 1.807) is 6.20 Å². The summed E-state index contributed by atoms with van der Waals surface area (Å²) in [6, 6.07) is 9.58. The fraction of sp³-hybridized carbons (Fsp3) is 0.238. The molecule has 1 unspecified atom stereocenters. The van der Waals surface area contributed by atoms with Crippen LogP contribution in [-0.4, -0.2) is 27.8 Å². The Hall–Kier alpha value is -3.75. The van der Waals surface area contributed by atoms with Crippen LogP contribution in [0, 0.1) is 11.7 Å². The molecule has 4 rings (SSSR count). The van der Waals surface area contributed by atoms with Gasteiger partial charge in [0.15, 0.2) is 11.6 Å². The zero-order valence-electron chi connectivity index (χ0n) is 16.1. The molecular formula is C21H21FN6O2. The average Bonchev–Trinajstić information content (AvgIpc) is 3.53. The van der Waals surface area contributed by atoms with E-state index in [1.165, 1.54) is 0 Å². The maximum absolute atomic E-state index is 14.6. The Labute approximate surface area is 171 Å². The van der Waals surface area contributed by atoms with Crippen molar-refractivity contribution in [3.8, 4) is 0 Å². The van der Waals surface area contributed by atoms with Gasteiger partial charge in [-0.25, -0.2) is 9.37 Å². The van der Waals surface area contributed by atoms with E-state index in [-0.39, 0.29) is 17.2 Å². The summed E-state index contributed by atoms with van der Waals surface area (Å²) < 4.78 is 14.6. The zero-order chi connectivity index (χ0) is 21.3. The number of nitrogens with one attached hydrogen (secondary N) is 2. The summed E-state index contributed by atoms with van der Waals surface area (Å²) in [6.45, 7) is 0. The van der Waals surface area contributed by atoms with Gasteiger partial charge in [0, 0.05) is 5.39 Å². The van der Waals surface area contributed by atoms with E-state index in [4.69, 9.17) is 11.5 Å². The first-order valence-electron chi connectivity index (χ1n) is 9.58. The van der Waals surface area contributed by atoms with Crippen LogP contribution in [0.15, 0.2) is 42.6 Å². The number of hydrogen-bond acceptors (Lipinski definition) is 6. The number of carbonyl (C=O) groups is 2. The van der Waals surface area contributed by atoms with E-state index >= 15 is 0 Å². The Morgan fingerprint density at radius 2 is 1.93 bits per heavy atom. The van der Waals surface area contributed by atoms with Crippen molar-refractivity contribution in [3.05, 3.63) is 54.0 Å². The van der Waals surface area contributed by atoms with E-state index in [1.807, 2.05) is 30.3 Å². The SMILES string of the molecule is NC(=O)c1cc(F)c(NC(CC2CC2)C(N)=O)nc1Nc1cnc2ccccc2c1. The third-order valence-corrected chi connectivity index (χ3v) is 5.02. The number of benzene rings is 1. The van der Waals surface area contributed by atoms with E-state index < -0.39 is 23.7 Å². The molecule has 30 heavy (non-hydrogen) atoms. The minimum atomic E-state index is -0.839. The monoisotopic (exact) mass is 408 g/mol. The fourth-order valence-corrected chi connectivity index (χ4v) is 3.25. The molecule has 8 nitrogen and oxygen atoms in total. The zero-order valence-corrected chi connectivity index (χ0v) is 16.1. The van der Waals surface area contributed by atoms with Crippen molar-refractivity contribution in [2.75, 3.05) is 10.6 Å². The van der Waals surface area contributed by atoms with Crippen molar-refractivity contribution in [3.63, 3.8) is 0 Å². The average molecular weight is 408 g/mol. The second kappa shape index (κ2) is 7.94. The predicted molar refractivity (Wildman–Crippen MR) is 112 cm³/mol. The summed E-state index contributed by atoms with van der Waals surface area (Å²) in [7, 11) is 0. The van der Waals surface area contributed by atoms with Crippen LogP contribution in [0.3, 0.4) is 0 Å². The topological polar surface area (TPSA) is 136 Å². The third kappa shape index (κ3) is 4.29. The standard InChI is InChI=1S/C21H21FN6O2/c22-15-9-14(18(23)29)20(26-13-8-12-3-1-2-4-16(12)25-10-13)28-21(15)27-17(19(24)30)7-11-5-6-11/h1-4,8-11,17H,5-7H2,(H2,23,29)(H2,24,30)(H2,26,27,28). The number of anilines is 3. The first-order chi connectivity index (χ1) is 14.4. The lowest BCUT2D eigenvalue weighted by atomic mass is 10.1. The summed E-state index contributed by atoms with van der Waals surface area (Å²) in [5.41, 5.74) is 12.1. The van der Waals surface area contributed by atoms with Crippen LogP contribution >= 0.6 is 0 Å². The molecule has 2 heterocycles. The summed E-state index contributed by atoms with van der Waals surface area (Å²) in [5, 5.41) is 6.62. The molecule has 2 aromatic heterocycles. The van der Waals surface area contributed by atoms with E-state index in [2.05, 4.69) is 20.6 Å². The van der Waals surface area contributed by atoms with Crippen molar-refractivity contribution in [1.82, 2.24) is 9.97 Å². The van der Waals surface area contributed by atoms with Gasteiger partial charge in [-0.2, -0.15) is 0 Å². The van der Waals surface area contributed by atoms with Crippen LogP contribution in [0.2, 0.25) is 0 Å². The highest BCUT2D eigenvalue weighted by Gasteiger charge is 2.29. The van der Waals surface area contributed by atoms with Crippen molar-refractivity contribution < 1.29 is 14.0 Å². The third-order valence-electron chi connectivity index (χ3n) is 5.02. The van der Waals surface area contributed by atoms with Crippen molar-refractivity contribution in [1.29, 1.82) is 0 Å². The number of hydrogen-bond donors (Lipinski definition) is 4. The smallest absolute Gasteiger partial charge is 0.252 e. The first-order valence-corrected chi connectivity index (χ1v) is 9.58. The maximum atomic E-state index is 14.6. The van der Waals surface area contributed by atoms with Gasteiger partial charge >= 0.3 is 0 Å². The fourth-order valence-electron chi connectivity index (χ4n) is 3.25. The van der Waals surface area contributed by atoms with Crippen LogP contribution in [-0.2, 0) is 4.79 Å². The number of pyridine rings is 2. The number of para-hydroxylation sites is 1. The lowest BCUT2D eigenvalue weighted by Crippen LogP contribution is -2.36. The molecule has 0 saturated heterocycles. The highest BCUT2D eigenvalue weighted by molar-refractivity contribution is 5.99. The van der Waals surface area contributed by atoms with Crippen molar-refractivity contribution in [2.24, 2.45) is 17.4 Å². The molecule has 1 atom stereocenters. The predicted octanol–water partition coefficient (Wildman–Crippen LogP) is 2.68. The van der Waals surface area contributed by atoms with E-state index in [9.17, 15) is 14.0 Å². The lowest BCUT2D eigenvalue weighted by Gasteiger charge is -2.18. The normalized spacial score (nSPS) is 14.3. The molecule has 0 bridgehead atoms. The number of amides is 2. The van der Waals surface area contributed by atoms with Crippen LogP contribution in [0.25, 0.3) is 10.9 Å². The van der Waals surface area contributed by atoms with Gasteiger partial charge in [-0.05, 0) is 30.5 Å². The molecule has 0 aliphatic heterocycles. The second-order valence-electron chi connectivity index (χ2n) is 7.40. The van der Waals surface area contributed by atoms with Gasteiger partial charge in [-0.15, -0.1) is 0 Å². The number of halogens is 1. The number of primary amides is 2. The summed E-state index contributed by atoms with van der Waals surface area (Å²) in [6.07, 6.45) is 4.11. The van der Waals surface area contributed by atoms with E-state index in [0.29, 0.717) is 18.0 Å². The lowest BCUT2D eigenvalue weighted by molar-refractivity contribution is -0.118. The minimum absolute atomic E-state index is 0.0538. The largest absolute Gasteiger partial charge is 0.368 e. The highest BCUT2D eigenvalue weighted by atomic mass is 19.1. The Balaban J connectivity index is 1.66. The van der Waals surface area contributed by atoms with Gasteiger partial charge in [-0.1, -0.05) is 31.0 Å². The van der Waals surface area contributed by atoms with Gasteiger partial charge in [0.1, 0.15) is 11.9 Å². The van der Waals surface area contributed by atoms with Gasteiger partial charge in [-0.3, -0.25) is 14.6 Å². The highest BCUT2D eigenvalue weighted by Crippen LogP contribution is 2.34. The molecular weight excluding hydrogens is 387 g/mol. The van der Waals surface area contributed by atoms with Gasteiger partial charge < -0.3 is 22.1 Å². The molecule has 1 aliphatic carbocycles. The molecule has 2 amide bonds. The summed E-state index contributed by atoms with van der Waals surface area (Å²) >= 11 is 0. The molecule has 3 aromatic rings. The van der Waals surface area contributed by atoms with Crippen molar-refractivity contribution in [2.45, 2.75) is 25.3 Å². The number of nitrogens with two attached hydrogens (primary N) is 2.